The number of aryl methyl sites for hydroxylation is 1. The van der Waals surface area contributed by atoms with Crippen LogP contribution in [0.15, 0.2) is 54.7 Å². The maximum Gasteiger partial charge on any atom is 0.325 e. The van der Waals surface area contributed by atoms with Crippen molar-refractivity contribution in [3.05, 3.63) is 65.9 Å². The standard InChI is InChI=1S/C28H35N3O3/c1-3-34-28(33)21-31-20-24(26-9-4-5-10-27(26)31)8-6-7-15-29-16-18-30(19-17-29)25-13-11-23(12-14-25)22(2)32/h4-5,9-14,20H,3,6-8,15-19,21H2,1-2H3. The number of ether oxygens (including phenoxy) is 1. The molecule has 0 N–H and O–H groups in total. The van der Waals surface area contributed by atoms with Gasteiger partial charge in [-0.05, 0) is 75.5 Å². The summed E-state index contributed by atoms with van der Waals surface area (Å²) in [6.07, 6.45) is 5.42. The van der Waals surface area contributed by atoms with Crippen LogP contribution in [0.25, 0.3) is 10.9 Å². The van der Waals surface area contributed by atoms with Crippen molar-refractivity contribution in [2.75, 3.05) is 44.2 Å². The number of rotatable bonds is 10. The number of fused-ring (bicyclic) bond motifs is 1. The maximum absolute atomic E-state index is 12.0. The quantitative estimate of drug-likeness (QED) is 0.252. The number of para-hydroxylation sites is 1. The molecule has 4 rings (SSSR count). The summed E-state index contributed by atoms with van der Waals surface area (Å²) in [7, 11) is 0. The molecule has 0 atom stereocenters. The second-order valence-corrected chi connectivity index (χ2v) is 8.99. The van der Waals surface area contributed by atoms with Gasteiger partial charge in [-0.2, -0.15) is 0 Å². The molecular formula is C28H35N3O3. The first kappa shape index (κ1) is 24.0. The van der Waals surface area contributed by atoms with Crippen molar-refractivity contribution in [3.8, 4) is 0 Å². The summed E-state index contributed by atoms with van der Waals surface area (Å²) in [5, 5.41) is 1.23. The number of hydrogen-bond acceptors (Lipinski definition) is 5. The Morgan fingerprint density at radius 2 is 1.68 bits per heavy atom. The van der Waals surface area contributed by atoms with Gasteiger partial charge < -0.3 is 14.2 Å². The van der Waals surface area contributed by atoms with Crippen molar-refractivity contribution in [1.29, 1.82) is 0 Å². The third-order valence-corrected chi connectivity index (χ3v) is 6.66. The highest BCUT2D eigenvalue weighted by molar-refractivity contribution is 5.94. The van der Waals surface area contributed by atoms with Crippen LogP contribution in [0.1, 0.15) is 42.6 Å². The van der Waals surface area contributed by atoms with Gasteiger partial charge in [0, 0.05) is 54.5 Å². The van der Waals surface area contributed by atoms with Crippen molar-refractivity contribution in [1.82, 2.24) is 9.47 Å². The van der Waals surface area contributed by atoms with Crippen molar-refractivity contribution in [3.63, 3.8) is 0 Å². The van der Waals surface area contributed by atoms with Crippen LogP contribution < -0.4 is 4.90 Å². The van der Waals surface area contributed by atoms with Gasteiger partial charge in [0.2, 0.25) is 0 Å². The number of carbonyl (C=O) groups is 2. The highest BCUT2D eigenvalue weighted by atomic mass is 16.5. The number of hydrogen-bond donors (Lipinski definition) is 0. The first-order valence-corrected chi connectivity index (χ1v) is 12.4. The molecule has 0 aliphatic carbocycles. The van der Waals surface area contributed by atoms with Crippen molar-refractivity contribution in [2.24, 2.45) is 0 Å². The molecule has 6 nitrogen and oxygen atoms in total. The fourth-order valence-corrected chi connectivity index (χ4v) is 4.79. The number of aromatic nitrogens is 1. The molecule has 0 radical (unpaired) electrons. The molecule has 1 saturated heterocycles. The Morgan fingerprint density at radius 1 is 0.941 bits per heavy atom. The minimum Gasteiger partial charge on any atom is -0.465 e. The zero-order valence-electron chi connectivity index (χ0n) is 20.3. The lowest BCUT2D eigenvalue weighted by Crippen LogP contribution is -2.46. The smallest absolute Gasteiger partial charge is 0.325 e. The Labute approximate surface area is 202 Å². The summed E-state index contributed by atoms with van der Waals surface area (Å²) < 4.78 is 7.16. The predicted octanol–water partition coefficient (Wildman–Crippen LogP) is 4.55. The van der Waals surface area contributed by atoms with Gasteiger partial charge >= 0.3 is 5.97 Å². The largest absolute Gasteiger partial charge is 0.465 e. The number of nitrogens with zero attached hydrogens (tertiary/aromatic N) is 3. The minimum absolute atomic E-state index is 0.111. The predicted molar refractivity (Wildman–Crippen MR) is 137 cm³/mol. The molecule has 1 aromatic heterocycles. The van der Waals surface area contributed by atoms with Crippen molar-refractivity contribution < 1.29 is 14.3 Å². The molecule has 6 heteroatoms. The lowest BCUT2D eigenvalue weighted by atomic mass is 10.1. The van der Waals surface area contributed by atoms with E-state index in [4.69, 9.17) is 4.74 Å². The lowest BCUT2D eigenvalue weighted by Gasteiger charge is -2.36. The molecule has 0 saturated carbocycles. The maximum atomic E-state index is 12.0. The second-order valence-electron chi connectivity index (χ2n) is 8.99. The molecular weight excluding hydrogens is 426 g/mol. The van der Waals surface area contributed by atoms with E-state index in [2.05, 4.69) is 46.3 Å². The number of benzene rings is 2. The molecule has 1 aliphatic rings. The number of unbranched alkanes of at least 4 members (excludes halogenated alkanes) is 1. The first-order chi connectivity index (χ1) is 16.5. The summed E-state index contributed by atoms with van der Waals surface area (Å²) in [4.78, 5) is 28.4. The van der Waals surface area contributed by atoms with Crippen LogP contribution in [0, 0.1) is 0 Å². The zero-order valence-corrected chi connectivity index (χ0v) is 20.3. The number of piperazine rings is 1. The van der Waals surface area contributed by atoms with E-state index in [1.165, 1.54) is 16.6 Å². The highest BCUT2D eigenvalue weighted by Crippen LogP contribution is 2.23. The second kappa shape index (κ2) is 11.3. The Bertz CT molecular complexity index is 1110. The van der Waals surface area contributed by atoms with Gasteiger partial charge in [0.15, 0.2) is 5.78 Å². The molecule has 180 valence electrons. The fourth-order valence-electron chi connectivity index (χ4n) is 4.79. The third kappa shape index (κ3) is 5.86. The minimum atomic E-state index is -0.191. The van der Waals surface area contributed by atoms with Crippen LogP contribution in [0.3, 0.4) is 0 Å². The first-order valence-electron chi connectivity index (χ1n) is 12.4. The summed E-state index contributed by atoms with van der Waals surface area (Å²) in [6.45, 7) is 9.38. The highest BCUT2D eigenvalue weighted by Gasteiger charge is 2.17. The SMILES string of the molecule is CCOC(=O)Cn1cc(CCCCN2CCN(c3ccc(C(C)=O)cc3)CC2)c2ccccc21. The van der Waals surface area contributed by atoms with Crippen LogP contribution in [-0.2, 0) is 22.5 Å². The number of anilines is 1. The molecule has 0 spiro atoms. The topological polar surface area (TPSA) is 54.8 Å². The van der Waals surface area contributed by atoms with Crippen LogP contribution in [0.2, 0.25) is 0 Å². The van der Waals surface area contributed by atoms with Crippen LogP contribution in [0.5, 0.6) is 0 Å². The van der Waals surface area contributed by atoms with E-state index in [-0.39, 0.29) is 18.3 Å². The molecule has 34 heavy (non-hydrogen) atoms. The van der Waals surface area contributed by atoms with Crippen LogP contribution in [0.4, 0.5) is 5.69 Å². The third-order valence-electron chi connectivity index (χ3n) is 6.66. The van der Waals surface area contributed by atoms with Crippen molar-refractivity contribution in [2.45, 2.75) is 39.7 Å². The van der Waals surface area contributed by atoms with Gasteiger partial charge in [-0.3, -0.25) is 14.5 Å². The Balaban J connectivity index is 1.24. The van der Waals surface area contributed by atoms with Gasteiger partial charge in [-0.15, -0.1) is 0 Å². The van der Waals surface area contributed by atoms with E-state index in [1.54, 1.807) is 6.92 Å². The molecule has 0 bridgehead atoms. The van der Waals surface area contributed by atoms with E-state index in [9.17, 15) is 9.59 Å². The molecule has 2 aromatic carbocycles. The molecule has 1 aliphatic heterocycles. The Morgan fingerprint density at radius 3 is 2.38 bits per heavy atom. The van der Waals surface area contributed by atoms with Gasteiger partial charge in [0.05, 0.1) is 6.61 Å². The fraction of sp³-hybridized carbons (Fsp3) is 0.429. The average Bonchev–Trinajstić information content (AvgIpc) is 3.19. The average molecular weight is 462 g/mol. The lowest BCUT2D eigenvalue weighted by molar-refractivity contribution is -0.143. The summed E-state index contributed by atoms with van der Waals surface area (Å²) in [5.74, 6) is -0.0799. The monoisotopic (exact) mass is 461 g/mol. The molecule has 3 aromatic rings. The molecule has 1 fully saturated rings. The zero-order chi connectivity index (χ0) is 23.9. The number of esters is 1. The van der Waals surface area contributed by atoms with E-state index < -0.39 is 0 Å². The Kier molecular flexibility index (Phi) is 8.01. The van der Waals surface area contributed by atoms with Gasteiger partial charge in [-0.1, -0.05) is 18.2 Å². The number of carbonyl (C=O) groups excluding carboxylic acids is 2. The van der Waals surface area contributed by atoms with Gasteiger partial charge in [0.1, 0.15) is 6.54 Å². The van der Waals surface area contributed by atoms with Crippen LogP contribution in [-0.4, -0.2) is 60.6 Å². The van der Waals surface area contributed by atoms with Gasteiger partial charge in [0.25, 0.3) is 0 Å². The van der Waals surface area contributed by atoms with E-state index in [0.717, 1.165) is 63.1 Å². The molecule has 2 heterocycles. The van der Waals surface area contributed by atoms with E-state index in [0.29, 0.717) is 6.61 Å². The van der Waals surface area contributed by atoms with Crippen molar-refractivity contribution >= 4 is 28.3 Å². The van der Waals surface area contributed by atoms with Crippen LogP contribution >= 0.6 is 0 Å². The Hall–Kier alpha value is -3.12. The van der Waals surface area contributed by atoms with Gasteiger partial charge in [-0.25, -0.2) is 0 Å². The molecule has 0 unspecified atom stereocenters. The number of ketones is 1. The normalized spacial score (nSPS) is 14.5. The van der Waals surface area contributed by atoms with E-state index in [1.807, 2.05) is 29.7 Å². The molecule has 0 amide bonds. The summed E-state index contributed by atoms with van der Waals surface area (Å²) in [6, 6.07) is 16.3. The summed E-state index contributed by atoms with van der Waals surface area (Å²) in [5.41, 5.74) is 4.37. The summed E-state index contributed by atoms with van der Waals surface area (Å²) >= 11 is 0. The number of Topliss-reactive ketones (excluding diaryl/α,β-unsaturated/α-hetero) is 1. The van der Waals surface area contributed by atoms with E-state index >= 15 is 0 Å².